The maximum Gasteiger partial charge on any atom is 0.538 e. The summed E-state index contributed by atoms with van der Waals surface area (Å²) in [5, 5.41) is 0. The maximum absolute atomic E-state index is 12.2. The van der Waals surface area contributed by atoms with Crippen LogP contribution in [0.4, 0.5) is 0 Å². The Hall–Kier alpha value is -0.420. The molecule has 0 saturated carbocycles. The Balaban J connectivity index is 4.08. The average Bonchev–Trinajstić information content (AvgIpc) is 2.47. The Morgan fingerprint density at radius 3 is 2.00 bits per heavy atom. The van der Waals surface area contributed by atoms with Crippen molar-refractivity contribution in [3.05, 3.63) is 24.5 Å². The molecular weight excluding hydrogens is 366 g/mol. The van der Waals surface area contributed by atoms with Crippen molar-refractivity contribution in [1.82, 2.24) is 0 Å². The van der Waals surface area contributed by atoms with E-state index in [9.17, 15) is 9.13 Å². The van der Waals surface area contributed by atoms with Crippen LogP contribution in [0, 0.1) is 0 Å². The molecule has 0 bridgehead atoms. The van der Waals surface area contributed by atoms with Gasteiger partial charge in [-0.25, -0.2) is 9.13 Å². The Kier molecular flexibility index (Phi) is 13.5. The fourth-order valence-electron chi connectivity index (χ4n) is 2.01. The van der Waals surface area contributed by atoms with Crippen molar-refractivity contribution >= 4 is 15.6 Å². The Labute approximate surface area is 151 Å². The number of allylic oxidation sites excluding steroid dienone is 2. The molecule has 0 fully saturated rings. The third kappa shape index (κ3) is 16.8. The Morgan fingerprint density at radius 1 is 1.00 bits per heavy atom. The van der Waals surface area contributed by atoms with Crippen molar-refractivity contribution in [3.63, 3.8) is 0 Å². The minimum Gasteiger partial charge on any atom is -0.412 e. The fourth-order valence-corrected chi connectivity index (χ4v) is 4.02. The lowest BCUT2D eigenvalue weighted by molar-refractivity contribution is 0.168. The van der Waals surface area contributed by atoms with E-state index >= 15 is 0 Å². The van der Waals surface area contributed by atoms with Crippen molar-refractivity contribution in [2.75, 3.05) is 6.61 Å². The van der Waals surface area contributed by atoms with Gasteiger partial charge in [0.05, 0.1) is 12.9 Å². The molecule has 0 aromatic heterocycles. The summed E-state index contributed by atoms with van der Waals surface area (Å²) < 4.78 is 37.1. The number of hydrogen-bond acceptors (Lipinski definition) is 5. The van der Waals surface area contributed by atoms with E-state index in [2.05, 4.69) is 17.8 Å². The standard InChI is InChI=1S/C16H32O7P2/c1-4-5-6-7-8-9-10-11-12-14-21-25(20,23-24(17,18)19)22-15-13-16(2)3/h13,15H,2,4-12,14H2,1,3H3,(H2,17,18,19). The van der Waals surface area contributed by atoms with Gasteiger partial charge in [-0.1, -0.05) is 70.4 Å². The van der Waals surface area contributed by atoms with E-state index in [0.29, 0.717) is 12.0 Å². The lowest BCUT2D eigenvalue weighted by atomic mass is 10.1. The Morgan fingerprint density at radius 2 is 1.52 bits per heavy atom. The lowest BCUT2D eigenvalue weighted by Crippen LogP contribution is -1.98. The molecule has 9 heteroatoms. The zero-order valence-electron chi connectivity index (χ0n) is 15.3. The number of hydrogen-bond donors (Lipinski definition) is 2. The first kappa shape index (κ1) is 24.6. The maximum atomic E-state index is 12.2. The second-order valence-corrected chi connectivity index (χ2v) is 8.93. The van der Waals surface area contributed by atoms with Crippen molar-refractivity contribution in [3.8, 4) is 0 Å². The van der Waals surface area contributed by atoms with Crippen LogP contribution in [0.25, 0.3) is 0 Å². The molecule has 0 aromatic rings. The van der Waals surface area contributed by atoms with Crippen LogP contribution in [0.5, 0.6) is 0 Å². The summed E-state index contributed by atoms with van der Waals surface area (Å²) in [5.74, 6) is 0. The quantitative estimate of drug-likeness (QED) is 0.145. The second-order valence-electron chi connectivity index (χ2n) is 5.94. The molecule has 0 amide bonds. The van der Waals surface area contributed by atoms with E-state index in [0.717, 1.165) is 25.5 Å². The van der Waals surface area contributed by atoms with Gasteiger partial charge in [0.15, 0.2) is 0 Å². The number of unbranched alkanes of at least 4 members (excludes halogenated alkanes) is 8. The molecule has 7 nitrogen and oxygen atoms in total. The van der Waals surface area contributed by atoms with E-state index in [1.54, 1.807) is 6.92 Å². The van der Waals surface area contributed by atoms with Crippen LogP contribution in [0.1, 0.15) is 71.6 Å². The molecule has 1 atom stereocenters. The number of phosphoric acid groups is 2. The lowest BCUT2D eigenvalue weighted by Gasteiger charge is -2.16. The number of rotatable bonds is 16. The molecule has 0 aliphatic carbocycles. The van der Waals surface area contributed by atoms with E-state index in [-0.39, 0.29) is 6.61 Å². The highest BCUT2D eigenvalue weighted by Gasteiger charge is 2.36. The van der Waals surface area contributed by atoms with Crippen molar-refractivity contribution < 1.29 is 32.3 Å². The Bertz CT molecular complexity index is 485. The highest BCUT2D eigenvalue weighted by molar-refractivity contribution is 7.61. The molecular formula is C16H32O7P2. The summed E-state index contributed by atoms with van der Waals surface area (Å²) in [6, 6.07) is 0. The van der Waals surface area contributed by atoms with Gasteiger partial charge in [0.1, 0.15) is 0 Å². The van der Waals surface area contributed by atoms with Gasteiger partial charge >= 0.3 is 15.6 Å². The van der Waals surface area contributed by atoms with Gasteiger partial charge in [-0.2, -0.15) is 4.31 Å². The van der Waals surface area contributed by atoms with E-state index in [1.165, 1.54) is 38.2 Å². The first-order chi connectivity index (χ1) is 11.7. The molecule has 0 spiro atoms. The minimum atomic E-state index is -5.00. The molecule has 1 unspecified atom stereocenters. The molecule has 0 rings (SSSR count). The third-order valence-corrected chi connectivity index (χ3v) is 5.78. The van der Waals surface area contributed by atoms with Crippen molar-refractivity contribution in [1.29, 1.82) is 0 Å². The van der Waals surface area contributed by atoms with E-state index < -0.39 is 15.6 Å². The van der Waals surface area contributed by atoms with E-state index in [4.69, 9.17) is 18.8 Å². The van der Waals surface area contributed by atoms with Gasteiger partial charge in [0.2, 0.25) is 0 Å². The van der Waals surface area contributed by atoms with Gasteiger partial charge in [0.25, 0.3) is 0 Å². The van der Waals surface area contributed by atoms with Gasteiger partial charge in [-0.05, 0) is 19.4 Å². The molecule has 25 heavy (non-hydrogen) atoms. The molecule has 0 aliphatic rings. The largest absolute Gasteiger partial charge is 0.538 e. The first-order valence-corrected chi connectivity index (χ1v) is 11.7. The summed E-state index contributed by atoms with van der Waals surface area (Å²) in [7, 11) is -9.36. The van der Waals surface area contributed by atoms with Crippen molar-refractivity contribution in [2.24, 2.45) is 0 Å². The van der Waals surface area contributed by atoms with Crippen LogP contribution in [-0.2, 0) is 22.5 Å². The number of phosphoric ester groups is 1. The molecule has 0 radical (unpaired) electrons. The minimum absolute atomic E-state index is 0.0357. The molecule has 0 saturated heterocycles. The normalized spacial score (nSPS) is 14.6. The second kappa shape index (κ2) is 13.7. The van der Waals surface area contributed by atoms with Crippen LogP contribution in [0.15, 0.2) is 24.5 Å². The van der Waals surface area contributed by atoms with Crippen LogP contribution in [0.2, 0.25) is 0 Å². The molecule has 0 aliphatic heterocycles. The molecule has 2 N–H and O–H groups in total. The molecule has 0 heterocycles. The summed E-state index contributed by atoms with van der Waals surface area (Å²) in [5.41, 5.74) is 0.613. The topological polar surface area (TPSA) is 102 Å². The predicted octanol–water partition coefficient (Wildman–Crippen LogP) is 5.86. The van der Waals surface area contributed by atoms with Gasteiger partial charge < -0.3 is 14.3 Å². The van der Waals surface area contributed by atoms with Crippen LogP contribution >= 0.6 is 15.6 Å². The highest BCUT2D eigenvalue weighted by Crippen LogP contribution is 2.61. The van der Waals surface area contributed by atoms with Gasteiger partial charge in [-0.15, -0.1) is 0 Å². The molecule has 148 valence electrons. The summed E-state index contributed by atoms with van der Waals surface area (Å²) in [6.45, 7) is 7.49. The molecule has 0 aromatic carbocycles. The summed E-state index contributed by atoms with van der Waals surface area (Å²) in [4.78, 5) is 17.7. The van der Waals surface area contributed by atoms with Crippen LogP contribution in [0.3, 0.4) is 0 Å². The smallest absolute Gasteiger partial charge is 0.412 e. The van der Waals surface area contributed by atoms with Crippen molar-refractivity contribution in [2.45, 2.75) is 71.6 Å². The SMILES string of the molecule is C=C(C)C=COP(=O)(OCCCCCCCCCCC)OP(=O)(O)O. The third-order valence-electron chi connectivity index (χ3n) is 3.25. The van der Waals surface area contributed by atoms with Crippen LogP contribution in [-0.4, -0.2) is 16.4 Å². The fraction of sp³-hybridized carbons (Fsp3) is 0.750. The van der Waals surface area contributed by atoms with E-state index in [1.807, 2.05) is 0 Å². The average molecular weight is 398 g/mol. The van der Waals surface area contributed by atoms with Crippen LogP contribution < -0.4 is 0 Å². The predicted molar refractivity (Wildman–Crippen MR) is 99.0 cm³/mol. The zero-order valence-corrected chi connectivity index (χ0v) is 17.1. The first-order valence-electron chi connectivity index (χ1n) is 8.70. The summed E-state index contributed by atoms with van der Waals surface area (Å²) in [6.07, 6.45) is 12.3. The van der Waals surface area contributed by atoms with Gasteiger partial charge in [-0.3, -0.25) is 4.52 Å². The summed E-state index contributed by atoms with van der Waals surface area (Å²) >= 11 is 0. The zero-order chi connectivity index (χ0) is 19.2. The van der Waals surface area contributed by atoms with Gasteiger partial charge in [0, 0.05) is 0 Å². The monoisotopic (exact) mass is 398 g/mol. The highest BCUT2D eigenvalue weighted by atomic mass is 31.3.